The molecule has 0 aromatic heterocycles. The molecular formula is C17H17ClN2O2. The van der Waals surface area contributed by atoms with Crippen molar-refractivity contribution in [3.8, 4) is 0 Å². The highest BCUT2D eigenvalue weighted by Crippen LogP contribution is 2.12. The quantitative estimate of drug-likeness (QED) is 0.890. The summed E-state index contributed by atoms with van der Waals surface area (Å²) in [5, 5.41) is 3.57. The molecule has 0 radical (unpaired) electrons. The number of carbonyl (C=O) groups excluding carboxylic acids is 2. The molecule has 2 amide bonds. The van der Waals surface area contributed by atoms with Crippen molar-refractivity contribution < 1.29 is 9.59 Å². The Morgan fingerprint density at radius 1 is 1.14 bits per heavy atom. The highest BCUT2D eigenvalue weighted by molar-refractivity contribution is 6.30. The standard InChI is InChI=1S/C17H17ClN2O2/c1-11(8-12-4-2-7-15(18)9-12)20-17(22)14-6-3-5-13(10-14)16(19)21/h2-7,9-11H,8H2,1H3,(H2,19,21)(H,20,22). The van der Waals surface area contributed by atoms with Crippen molar-refractivity contribution in [2.45, 2.75) is 19.4 Å². The Morgan fingerprint density at radius 3 is 2.50 bits per heavy atom. The second kappa shape index (κ2) is 7.09. The lowest BCUT2D eigenvalue weighted by Gasteiger charge is -2.14. The summed E-state index contributed by atoms with van der Waals surface area (Å²) >= 11 is 5.95. The first-order valence-electron chi connectivity index (χ1n) is 6.91. The molecule has 1 unspecified atom stereocenters. The van der Waals surface area contributed by atoms with Gasteiger partial charge in [-0.25, -0.2) is 0 Å². The summed E-state index contributed by atoms with van der Waals surface area (Å²) in [4.78, 5) is 23.3. The molecule has 2 aromatic rings. The molecule has 0 saturated heterocycles. The molecule has 2 rings (SSSR count). The third kappa shape index (κ3) is 4.33. The van der Waals surface area contributed by atoms with Gasteiger partial charge in [-0.1, -0.05) is 29.8 Å². The first kappa shape index (κ1) is 16.0. The molecule has 0 aliphatic carbocycles. The Morgan fingerprint density at radius 2 is 1.82 bits per heavy atom. The Hall–Kier alpha value is -2.33. The number of carbonyl (C=O) groups is 2. The summed E-state index contributed by atoms with van der Waals surface area (Å²) < 4.78 is 0. The summed E-state index contributed by atoms with van der Waals surface area (Å²) in [6.45, 7) is 1.91. The zero-order valence-corrected chi connectivity index (χ0v) is 12.9. The lowest BCUT2D eigenvalue weighted by molar-refractivity contribution is 0.0940. The zero-order valence-electron chi connectivity index (χ0n) is 12.2. The first-order valence-corrected chi connectivity index (χ1v) is 7.28. The van der Waals surface area contributed by atoms with Crippen molar-refractivity contribution in [2.75, 3.05) is 0 Å². The van der Waals surface area contributed by atoms with Crippen molar-refractivity contribution in [2.24, 2.45) is 5.73 Å². The second-order valence-corrected chi connectivity index (χ2v) is 5.59. The van der Waals surface area contributed by atoms with E-state index in [0.29, 0.717) is 22.6 Å². The molecule has 0 heterocycles. The molecule has 2 aromatic carbocycles. The van der Waals surface area contributed by atoms with Crippen molar-refractivity contribution in [1.29, 1.82) is 0 Å². The molecule has 22 heavy (non-hydrogen) atoms. The van der Waals surface area contributed by atoms with Crippen LogP contribution in [0, 0.1) is 0 Å². The molecule has 5 heteroatoms. The smallest absolute Gasteiger partial charge is 0.251 e. The molecule has 1 atom stereocenters. The minimum Gasteiger partial charge on any atom is -0.366 e. The highest BCUT2D eigenvalue weighted by Gasteiger charge is 2.12. The molecule has 114 valence electrons. The van der Waals surface area contributed by atoms with E-state index in [4.69, 9.17) is 17.3 Å². The fraction of sp³-hybridized carbons (Fsp3) is 0.176. The topological polar surface area (TPSA) is 72.2 Å². The number of amides is 2. The minimum atomic E-state index is -0.554. The van der Waals surface area contributed by atoms with Gasteiger partial charge in [0, 0.05) is 22.2 Å². The maximum absolute atomic E-state index is 12.2. The van der Waals surface area contributed by atoms with E-state index < -0.39 is 5.91 Å². The van der Waals surface area contributed by atoms with E-state index in [1.807, 2.05) is 31.2 Å². The second-order valence-electron chi connectivity index (χ2n) is 5.15. The molecule has 0 aliphatic heterocycles. The van der Waals surface area contributed by atoms with Gasteiger partial charge < -0.3 is 11.1 Å². The number of primary amides is 1. The third-order valence-corrected chi connectivity index (χ3v) is 3.45. The minimum absolute atomic E-state index is 0.0665. The van der Waals surface area contributed by atoms with Gasteiger partial charge in [-0.15, -0.1) is 0 Å². The lowest BCUT2D eigenvalue weighted by Crippen LogP contribution is -2.34. The number of hydrogen-bond donors (Lipinski definition) is 2. The third-order valence-electron chi connectivity index (χ3n) is 3.22. The fourth-order valence-electron chi connectivity index (χ4n) is 2.19. The molecule has 0 spiro atoms. The Bertz CT molecular complexity index is 701. The highest BCUT2D eigenvalue weighted by atomic mass is 35.5. The summed E-state index contributed by atoms with van der Waals surface area (Å²) in [5.41, 5.74) is 6.99. The van der Waals surface area contributed by atoms with Gasteiger partial charge in [-0.05, 0) is 49.2 Å². The van der Waals surface area contributed by atoms with E-state index in [0.717, 1.165) is 5.56 Å². The molecule has 0 bridgehead atoms. The van der Waals surface area contributed by atoms with Gasteiger partial charge in [0.25, 0.3) is 5.91 Å². The van der Waals surface area contributed by atoms with Crippen LogP contribution in [0.1, 0.15) is 33.2 Å². The van der Waals surface area contributed by atoms with Crippen LogP contribution in [-0.2, 0) is 6.42 Å². The molecule has 0 saturated carbocycles. The van der Waals surface area contributed by atoms with Gasteiger partial charge in [0.1, 0.15) is 0 Å². The van der Waals surface area contributed by atoms with E-state index in [9.17, 15) is 9.59 Å². The fourth-order valence-corrected chi connectivity index (χ4v) is 2.40. The average molecular weight is 317 g/mol. The normalized spacial score (nSPS) is 11.7. The van der Waals surface area contributed by atoms with Gasteiger partial charge >= 0.3 is 0 Å². The first-order chi connectivity index (χ1) is 10.5. The van der Waals surface area contributed by atoms with Crippen molar-refractivity contribution in [3.63, 3.8) is 0 Å². The van der Waals surface area contributed by atoms with E-state index >= 15 is 0 Å². The monoisotopic (exact) mass is 316 g/mol. The van der Waals surface area contributed by atoms with Gasteiger partial charge in [-0.3, -0.25) is 9.59 Å². The number of halogens is 1. The lowest BCUT2D eigenvalue weighted by atomic mass is 10.1. The summed E-state index contributed by atoms with van der Waals surface area (Å²) in [6.07, 6.45) is 0.668. The SMILES string of the molecule is CC(Cc1cccc(Cl)c1)NC(=O)c1cccc(C(N)=O)c1. The van der Waals surface area contributed by atoms with Crippen LogP contribution < -0.4 is 11.1 Å². The van der Waals surface area contributed by atoms with Gasteiger partial charge in [0.15, 0.2) is 0 Å². The van der Waals surface area contributed by atoms with E-state index in [-0.39, 0.29) is 11.9 Å². The van der Waals surface area contributed by atoms with Crippen LogP contribution in [0.15, 0.2) is 48.5 Å². The molecular weight excluding hydrogens is 300 g/mol. The van der Waals surface area contributed by atoms with Crippen molar-refractivity contribution in [1.82, 2.24) is 5.32 Å². The molecule has 3 N–H and O–H groups in total. The summed E-state index contributed by atoms with van der Waals surface area (Å²) in [7, 11) is 0. The van der Waals surface area contributed by atoms with Gasteiger partial charge in [-0.2, -0.15) is 0 Å². The maximum atomic E-state index is 12.2. The van der Waals surface area contributed by atoms with Crippen LogP contribution in [0.5, 0.6) is 0 Å². The molecule has 0 aliphatic rings. The number of benzene rings is 2. The zero-order chi connectivity index (χ0) is 16.1. The number of rotatable bonds is 5. The number of nitrogens with two attached hydrogens (primary N) is 1. The van der Waals surface area contributed by atoms with Crippen molar-refractivity contribution >= 4 is 23.4 Å². The summed E-state index contributed by atoms with van der Waals surface area (Å²) in [5.74, 6) is -0.792. The predicted molar refractivity (Wildman–Crippen MR) is 87.0 cm³/mol. The van der Waals surface area contributed by atoms with Crippen LogP contribution in [0.2, 0.25) is 5.02 Å². The van der Waals surface area contributed by atoms with E-state index in [1.165, 1.54) is 6.07 Å². The Labute approximate surface area is 134 Å². The predicted octanol–water partition coefficient (Wildman–Crippen LogP) is 2.80. The van der Waals surface area contributed by atoms with Crippen LogP contribution in [0.4, 0.5) is 0 Å². The molecule has 0 fully saturated rings. The number of hydrogen-bond acceptors (Lipinski definition) is 2. The van der Waals surface area contributed by atoms with Crippen LogP contribution in [-0.4, -0.2) is 17.9 Å². The van der Waals surface area contributed by atoms with Gasteiger partial charge in [0.2, 0.25) is 5.91 Å². The Kier molecular flexibility index (Phi) is 5.17. The largest absolute Gasteiger partial charge is 0.366 e. The Balaban J connectivity index is 2.02. The van der Waals surface area contributed by atoms with Gasteiger partial charge in [0.05, 0.1) is 0 Å². The van der Waals surface area contributed by atoms with E-state index in [2.05, 4.69) is 5.32 Å². The van der Waals surface area contributed by atoms with Crippen molar-refractivity contribution in [3.05, 3.63) is 70.2 Å². The number of nitrogens with one attached hydrogen (secondary N) is 1. The van der Waals surface area contributed by atoms with Crippen LogP contribution >= 0.6 is 11.6 Å². The van der Waals surface area contributed by atoms with E-state index in [1.54, 1.807) is 18.2 Å². The summed E-state index contributed by atoms with van der Waals surface area (Å²) in [6, 6.07) is 13.8. The average Bonchev–Trinajstić information content (AvgIpc) is 2.47. The maximum Gasteiger partial charge on any atom is 0.251 e. The molecule has 4 nitrogen and oxygen atoms in total. The van der Waals surface area contributed by atoms with Crippen LogP contribution in [0.3, 0.4) is 0 Å². The van der Waals surface area contributed by atoms with Crippen LogP contribution in [0.25, 0.3) is 0 Å².